The number of aromatic carboxylic acids is 2. The van der Waals surface area contributed by atoms with Gasteiger partial charge in [-0.15, -0.1) is 11.8 Å². The number of aliphatic hydroxyl groups is 1. The first kappa shape index (κ1) is 97.6. The lowest BCUT2D eigenvalue weighted by Gasteiger charge is -2.05. The molecule has 14 heteroatoms. The topological polar surface area (TPSA) is 244 Å². The van der Waals surface area contributed by atoms with Gasteiger partial charge in [0.05, 0.1) is 11.1 Å². The molecule has 3 aromatic carbocycles. The Balaban J connectivity index is 0. The van der Waals surface area contributed by atoms with Crippen molar-refractivity contribution in [3.8, 4) is 0 Å². The van der Waals surface area contributed by atoms with Gasteiger partial charge in [0.2, 0.25) is 0 Å². The van der Waals surface area contributed by atoms with Crippen LogP contribution < -0.4 is 0 Å². The minimum absolute atomic E-state index is 0.221. The van der Waals surface area contributed by atoms with Gasteiger partial charge in [-0.25, -0.2) is 14.4 Å². The predicted octanol–water partition coefficient (Wildman–Crippen LogP) is 26.6. The summed E-state index contributed by atoms with van der Waals surface area (Å²) in [5, 5.41) is 62.9. The summed E-state index contributed by atoms with van der Waals surface area (Å²) in [6.45, 7) is 8.61. The van der Waals surface area contributed by atoms with Crippen LogP contribution in [0, 0.1) is 6.92 Å². The molecule has 0 aliphatic heterocycles. The largest absolute Gasteiger partial charge is 0.481 e. The number of allylic oxidation sites excluding steroid dienone is 4. The molecule has 101 heavy (non-hydrogen) atoms. The van der Waals surface area contributed by atoms with Crippen molar-refractivity contribution in [3.63, 3.8) is 0 Å². The Morgan fingerprint density at radius 2 is 0.683 bits per heavy atom. The number of benzene rings is 3. The average molecular weight is 1430 g/mol. The lowest BCUT2D eigenvalue weighted by atomic mass is 10.0. The van der Waals surface area contributed by atoms with Gasteiger partial charge >= 0.3 is 35.8 Å². The molecule has 0 heterocycles. The third-order valence-corrected chi connectivity index (χ3v) is 19.2. The minimum atomic E-state index is -1.17. The number of aliphatic carboxylic acids is 4. The molecule has 7 N–H and O–H groups in total. The lowest BCUT2D eigenvalue weighted by Crippen LogP contribution is -2.18. The van der Waals surface area contributed by atoms with Crippen molar-refractivity contribution in [1.82, 2.24) is 0 Å². The smallest absolute Gasteiger partial charge is 0.335 e. The number of carbonyl (C=O) groups is 6. The first-order valence-corrected chi connectivity index (χ1v) is 41.5. The van der Waals surface area contributed by atoms with Crippen molar-refractivity contribution >= 4 is 58.4 Å². The van der Waals surface area contributed by atoms with Crippen LogP contribution in [-0.4, -0.2) is 83.4 Å². The Morgan fingerprint density at radius 1 is 0.356 bits per heavy atom. The van der Waals surface area contributed by atoms with Crippen molar-refractivity contribution < 1.29 is 64.5 Å². The molecule has 0 radical (unpaired) electrons. The molecular formula is C87H146O13S. The molecule has 0 amide bonds. The number of carboxylic acids is 6. The summed E-state index contributed by atoms with van der Waals surface area (Å²) >= 11 is 1.77. The number of aliphatic hydroxyl groups excluding tert-OH is 1. The second kappa shape index (κ2) is 75.7. The standard InChI is InChI=1S/C23H46O3.C23H38O2S.C20H36O2.C12H10O2.C9H16O4/c1-2-3-4-5-6-7-8-9-10-11-12-13-14-15-16-17-18-19-20-21-22(24)23(25)26;1-2-3-4-5-6-7-8-9-10-11-12-13-14-15-19-26-22-18-16-17-21(20-22)23(24)25;1-2-3-4-5-6-7-8-9-10-11-12-13-14-15-16-17-18-19-20(21)22;1-8-6-9-4-2-3-5-10(9)7-11(8)12(13)14;10-8(11)6-4-2-1-3-5-7-9(12)13/h22,24H,2-21H2,1H3,(H,25,26);16-18,20H,2-15,19H2,1H3,(H,24,25);6-7,9-10H,2-5,8,11-19H2,1H3,(H,21,22);2-7H,1H3,(H,13,14);1-7H2,(H,10,11)(H,12,13). The van der Waals surface area contributed by atoms with E-state index in [1.807, 2.05) is 49.4 Å². The molecule has 0 saturated heterocycles. The van der Waals surface area contributed by atoms with Crippen LogP contribution in [0.3, 0.4) is 0 Å². The lowest BCUT2D eigenvalue weighted by molar-refractivity contribution is -0.147. The van der Waals surface area contributed by atoms with E-state index < -0.39 is 41.9 Å². The molecule has 13 nitrogen and oxygen atoms in total. The number of hydrogen-bond acceptors (Lipinski definition) is 8. The van der Waals surface area contributed by atoms with Gasteiger partial charge in [0.25, 0.3) is 0 Å². The van der Waals surface area contributed by atoms with E-state index in [1.54, 1.807) is 30.0 Å². The van der Waals surface area contributed by atoms with Gasteiger partial charge < -0.3 is 35.7 Å². The molecule has 578 valence electrons. The summed E-state index contributed by atoms with van der Waals surface area (Å²) in [5.74, 6) is -3.90. The Hall–Kier alpha value is -5.47. The maximum absolute atomic E-state index is 11.0. The van der Waals surface area contributed by atoms with Gasteiger partial charge in [0, 0.05) is 24.2 Å². The summed E-state index contributed by atoms with van der Waals surface area (Å²) in [6.07, 6.45) is 73.7. The highest BCUT2D eigenvalue weighted by atomic mass is 32.2. The van der Waals surface area contributed by atoms with Crippen molar-refractivity contribution in [1.29, 1.82) is 0 Å². The molecule has 3 aromatic rings. The van der Waals surface area contributed by atoms with E-state index in [2.05, 4.69) is 45.1 Å². The monoisotopic (exact) mass is 1430 g/mol. The SMILES string of the molecule is CCCCCC=CCC=CCCCCCCCCCC(=O)O.CCCCCCCCCCCCCCCCCCCCCC(O)C(=O)O.CCCCCCCCCCCCCCCCSc1cccc(C(=O)O)c1.Cc1cc2ccccc2cc1C(=O)O.O=C(O)CCCCCCCC(=O)O. The van der Waals surface area contributed by atoms with E-state index >= 15 is 0 Å². The predicted molar refractivity (Wildman–Crippen MR) is 426 cm³/mol. The van der Waals surface area contributed by atoms with Crippen LogP contribution in [0.1, 0.15) is 400 Å². The highest BCUT2D eigenvalue weighted by Crippen LogP contribution is 2.23. The molecular weight excluding hydrogens is 1290 g/mol. The van der Waals surface area contributed by atoms with Crippen LogP contribution in [0.15, 0.2) is 89.9 Å². The normalized spacial score (nSPS) is 11.3. The summed E-state index contributed by atoms with van der Waals surface area (Å²) in [5.41, 5.74) is 1.57. The first-order valence-electron chi connectivity index (χ1n) is 40.5. The molecule has 0 aliphatic rings. The third-order valence-electron chi connectivity index (χ3n) is 18.2. The fourth-order valence-electron chi connectivity index (χ4n) is 11.9. The van der Waals surface area contributed by atoms with E-state index in [-0.39, 0.29) is 12.8 Å². The quantitative estimate of drug-likeness (QED) is 0.0158. The summed E-state index contributed by atoms with van der Waals surface area (Å²) in [4.78, 5) is 63.9. The highest BCUT2D eigenvalue weighted by Gasteiger charge is 2.12. The van der Waals surface area contributed by atoms with Gasteiger partial charge in [-0.05, 0) is 117 Å². The van der Waals surface area contributed by atoms with Crippen LogP contribution >= 0.6 is 11.8 Å². The van der Waals surface area contributed by atoms with E-state index in [4.69, 9.17) is 30.6 Å². The number of fused-ring (bicyclic) bond motifs is 1. The van der Waals surface area contributed by atoms with Crippen LogP contribution in [-0.2, 0) is 19.2 Å². The fraction of sp³-hybridized carbons (Fsp3) is 0.701. The Morgan fingerprint density at radius 3 is 1.04 bits per heavy atom. The fourth-order valence-corrected chi connectivity index (χ4v) is 12.8. The van der Waals surface area contributed by atoms with Crippen molar-refractivity contribution in [2.75, 3.05) is 5.75 Å². The summed E-state index contributed by atoms with van der Waals surface area (Å²) in [7, 11) is 0. The Bertz CT molecular complexity index is 2470. The van der Waals surface area contributed by atoms with Crippen molar-refractivity contribution in [2.24, 2.45) is 0 Å². The number of hydrogen-bond donors (Lipinski definition) is 7. The average Bonchev–Trinajstić information content (AvgIpc) is 0.837. The van der Waals surface area contributed by atoms with Gasteiger partial charge in [0.1, 0.15) is 0 Å². The van der Waals surface area contributed by atoms with E-state index in [9.17, 15) is 33.9 Å². The molecule has 0 spiro atoms. The molecule has 0 aliphatic carbocycles. The number of carboxylic acid groups (broad SMARTS) is 6. The van der Waals surface area contributed by atoms with Crippen LogP contribution in [0.25, 0.3) is 10.8 Å². The maximum Gasteiger partial charge on any atom is 0.335 e. The molecule has 0 aromatic heterocycles. The van der Waals surface area contributed by atoms with Gasteiger partial charge in [-0.1, -0.05) is 351 Å². The van der Waals surface area contributed by atoms with E-state index in [0.29, 0.717) is 36.8 Å². The number of aryl methyl sites for hydroxylation is 1. The van der Waals surface area contributed by atoms with E-state index in [0.717, 1.165) is 78.4 Å². The minimum Gasteiger partial charge on any atom is -0.481 e. The molecule has 0 saturated carbocycles. The zero-order chi connectivity index (χ0) is 74.7. The zero-order valence-electron chi connectivity index (χ0n) is 64.2. The molecule has 1 unspecified atom stereocenters. The van der Waals surface area contributed by atoms with Crippen molar-refractivity contribution in [2.45, 2.75) is 392 Å². The number of unbranched alkanes of at least 4 members (excludes halogenated alkanes) is 45. The second-order valence-electron chi connectivity index (χ2n) is 27.7. The zero-order valence-corrected chi connectivity index (χ0v) is 65.1. The van der Waals surface area contributed by atoms with Gasteiger partial charge in [-0.3, -0.25) is 14.4 Å². The van der Waals surface area contributed by atoms with Crippen LogP contribution in [0.2, 0.25) is 0 Å². The Kier molecular flexibility index (Phi) is 73.1. The van der Waals surface area contributed by atoms with Crippen LogP contribution in [0.5, 0.6) is 0 Å². The first-order chi connectivity index (χ1) is 49.0. The molecule has 1 atom stereocenters. The molecule has 0 bridgehead atoms. The highest BCUT2D eigenvalue weighted by molar-refractivity contribution is 7.99. The Labute approximate surface area is 618 Å². The summed E-state index contributed by atoms with van der Waals surface area (Å²) < 4.78 is 0. The molecule has 3 rings (SSSR count). The number of rotatable bonds is 63. The van der Waals surface area contributed by atoms with Crippen LogP contribution in [0.4, 0.5) is 0 Å². The maximum atomic E-state index is 11.0. The third kappa shape index (κ3) is 71.3. The summed E-state index contributed by atoms with van der Waals surface area (Å²) in [6, 6.07) is 18.6. The number of thioether (sulfide) groups is 1. The van der Waals surface area contributed by atoms with Gasteiger partial charge in [-0.2, -0.15) is 0 Å². The molecule has 0 fully saturated rings. The van der Waals surface area contributed by atoms with E-state index in [1.165, 1.54) is 263 Å². The second-order valence-corrected chi connectivity index (χ2v) is 28.9. The van der Waals surface area contributed by atoms with Gasteiger partial charge in [0.15, 0.2) is 6.10 Å². The van der Waals surface area contributed by atoms with Crippen molar-refractivity contribution in [3.05, 3.63) is 102 Å².